The fourth-order valence-corrected chi connectivity index (χ4v) is 2.78. The fourth-order valence-electron chi connectivity index (χ4n) is 1.61. The summed E-state index contributed by atoms with van der Waals surface area (Å²) in [5, 5.41) is 20.1. The molecule has 2 heterocycles. The first-order chi connectivity index (χ1) is 9.51. The monoisotopic (exact) mass is 314 g/mol. The van der Waals surface area contributed by atoms with Crippen molar-refractivity contribution >= 4 is 28.6 Å². The van der Waals surface area contributed by atoms with Gasteiger partial charge in [0.05, 0.1) is 17.7 Å². The molecule has 0 atom stereocenters. The first-order valence-corrected chi connectivity index (χ1v) is 7.06. The SMILES string of the molecule is CCCc1nnc(Cn2cc([N+](=O)[O-])cc(Cl)c2=O)s1. The number of nitro groups is 1. The van der Waals surface area contributed by atoms with E-state index in [1.807, 2.05) is 6.92 Å². The van der Waals surface area contributed by atoms with E-state index in [9.17, 15) is 14.9 Å². The van der Waals surface area contributed by atoms with Gasteiger partial charge >= 0.3 is 0 Å². The molecule has 0 fully saturated rings. The van der Waals surface area contributed by atoms with Gasteiger partial charge in [-0.15, -0.1) is 10.2 Å². The second kappa shape index (κ2) is 6.10. The first-order valence-electron chi connectivity index (χ1n) is 5.87. The van der Waals surface area contributed by atoms with Gasteiger partial charge in [-0.25, -0.2) is 0 Å². The Bertz CT molecular complexity index is 697. The molecule has 0 saturated carbocycles. The van der Waals surface area contributed by atoms with Crippen LogP contribution in [0.15, 0.2) is 17.1 Å². The molecule has 7 nitrogen and oxygen atoms in total. The summed E-state index contributed by atoms with van der Waals surface area (Å²) in [5.74, 6) is 0. The minimum Gasteiger partial charge on any atom is -0.301 e. The summed E-state index contributed by atoms with van der Waals surface area (Å²) in [4.78, 5) is 22.0. The number of rotatable bonds is 5. The van der Waals surface area contributed by atoms with Gasteiger partial charge in [-0.1, -0.05) is 29.9 Å². The molecule has 0 radical (unpaired) electrons. The smallest absolute Gasteiger partial charge is 0.287 e. The fraction of sp³-hybridized carbons (Fsp3) is 0.364. The van der Waals surface area contributed by atoms with Gasteiger partial charge in [0.25, 0.3) is 11.2 Å². The van der Waals surface area contributed by atoms with Crippen LogP contribution < -0.4 is 5.56 Å². The third kappa shape index (κ3) is 3.20. The van der Waals surface area contributed by atoms with Crippen molar-refractivity contribution in [2.24, 2.45) is 0 Å². The van der Waals surface area contributed by atoms with Crippen LogP contribution in [0.1, 0.15) is 23.4 Å². The van der Waals surface area contributed by atoms with Crippen LogP contribution in [-0.4, -0.2) is 19.7 Å². The molecule has 2 rings (SSSR count). The Morgan fingerprint density at radius 3 is 2.80 bits per heavy atom. The zero-order valence-electron chi connectivity index (χ0n) is 10.6. The number of aryl methyl sites for hydroxylation is 1. The second-order valence-corrected chi connectivity index (χ2v) is 5.63. The standard InChI is InChI=1S/C11H11ClN4O3S/c1-2-3-9-13-14-10(20-9)6-15-5-7(16(18)19)4-8(12)11(15)17/h4-5H,2-3,6H2,1H3. The lowest BCUT2D eigenvalue weighted by Gasteiger charge is -2.03. The van der Waals surface area contributed by atoms with Crippen LogP contribution in [0.25, 0.3) is 0 Å². The van der Waals surface area contributed by atoms with E-state index in [1.54, 1.807) is 0 Å². The summed E-state index contributed by atoms with van der Waals surface area (Å²) >= 11 is 7.10. The Balaban J connectivity index is 2.32. The molecule has 0 unspecified atom stereocenters. The Labute approximate surface area is 123 Å². The molecule has 20 heavy (non-hydrogen) atoms. The molecule has 0 bridgehead atoms. The summed E-state index contributed by atoms with van der Waals surface area (Å²) in [6.07, 6.45) is 2.94. The molecular weight excluding hydrogens is 304 g/mol. The zero-order valence-corrected chi connectivity index (χ0v) is 12.1. The molecule has 2 aromatic rings. The normalized spacial score (nSPS) is 10.7. The number of nitrogens with zero attached hydrogens (tertiary/aromatic N) is 4. The van der Waals surface area contributed by atoms with E-state index < -0.39 is 10.5 Å². The highest BCUT2D eigenvalue weighted by atomic mass is 35.5. The van der Waals surface area contributed by atoms with E-state index in [4.69, 9.17) is 11.6 Å². The van der Waals surface area contributed by atoms with Crippen LogP contribution in [-0.2, 0) is 13.0 Å². The second-order valence-electron chi connectivity index (χ2n) is 4.08. The molecule has 0 aliphatic rings. The minimum atomic E-state index is -0.593. The van der Waals surface area contributed by atoms with Crippen molar-refractivity contribution in [2.75, 3.05) is 0 Å². The molecule has 0 saturated heterocycles. The van der Waals surface area contributed by atoms with Gasteiger partial charge in [0, 0.05) is 12.5 Å². The largest absolute Gasteiger partial charge is 0.301 e. The summed E-state index contributed by atoms with van der Waals surface area (Å²) in [6, 6.07) is 1.04. The van der Waals surface area contributed by atoms with Gasteiger partial charge in [0.2, 0.25) is 0 Å². The van der Waals surface area contributed by atoms with Crippen molar-refractivity contribution in [3.05, 3.63) is 47.8 Å². The highest BCUT2D eigenvalue weighted by Crippen LogP contribution is 2.16. The molecule has 0 amide bonds. The lowest BCUT2D eigenvalue weighted by Crippen LogP contribution is -2.21. The minimum absolute atomic E-state index is 0.127. The van der Waals surface area contributed by atoms with Crippen molar-refractivity contribution < 1.29 is 4.92 Å². The van der Waals surface area contributed by atoms with Crippen LogP contribution in [0.3, 0.4) is 0 Å². The molecule has 0 aliphatic carbocycles. The van der Waals surface area contributed by atoms with Crippen molar-refractivity contribution in [1.82, 2.24) is 14.8 Å². The van der Waals surface area contributed by atoms with Crippen molar-refractivity contribution in [1.29, 1.82) is 0 Å². The Morgan fingerprint density at radius 1 is 1.45 bits per heavy atom. The van der Waals surface area contributed by atoms with Crippen molar-refractivity contribution in [3.8, 4) is 0 Å². The van der Waals surface area contributed by atoms with E-state index >= 15 is 0 Å². The zero-order chi connectivity index (χ0) is 14.7. The maximum absolute atomic E-state index is 11.8. The van der Waals surface area contributed by atoms with Crippen LogP contribution in [0, 0.1) is 10.1 Å². The van der Waals surface area contributed by atoms with Gasteiger partial charge in [-0.05, 0) is 6.42 Å². The lowest BCUT2D eigenvalue weighted by molar-refractivity contribution is -0.385. The van der Waals surface area contributed by atoms with Crippen LogP contribution in [0.5, 0.6) is 0 Å². The predicted octanol–water partition coefficient (Wildman–Crippen LogP) is 2.26. The number of hydrogen-bond donors (Lipinski definition) is 0. The molecule has 0 aromatic carbocycles. The highest BCUT2D eigenvalue weighted by Gasteiger charge is 2.14. The lowest BCUT2D eigenvalue weighted by atomic mass is 10.4. The van der Waals surface area contributed by atoms with Crippen molar-refractivity contribution in [2.45, 2.75) is 26.3 Å². The topological polar surface area (TPSA) is 90.9 Å². The quantitative estimate of drug-likeness (QED) is 0.623. The molecule has 0 spiro atoms. The van der Waals surface area contributed by atoms with E-state index in [-0.39, 0.29) is 17.3 Å². The predicted molar refractivity (Wildman–Crippen MR) is 75.4 cm³/mol. The van der Waals surface area contributed by atoms with E-state index in [2.05, 4.69) is 10.2 Å². The van der Waals surface area contributed by atoms with Crippen LogP contribution in [0.4, 0.5) is 5.69 Å². The number of halogens is 1. The Morgan fingerprint density at radius 2 is 2.15 bits per heavy atom. The molecular formula is C11H11ClN4O3S. The molecule has 0 aliphatic heterocycles. The number of pyridine rings is 1. The third-order valence-corrected chi connectivity index (χ3v) is 3.76. The summed E-state index contributed by atoms with van der Waals surface area (Å²) in [6.45, 7) is 2.16. The summed E-state index contributed by atoms with van der Waals surface area (Å²) in [7, 11) is 0. The Hall–Kier alpha value is -1.80. The average molecular weight is 315 g/mol. The van der Waals surface area contributed by atoms with Gasteiger partial charge in [0.15, 0.2) is 0 Å². The number of hydrogen-bond acceptors (Lipinski definition) is 6. The summed E-state index contributed by atoms with van der Waals surface area (Å²) < 4.78 is 1.18. The number of aromatic nitrogens is 3. The maximum Gasteiger partial charge on any atom is 0.287 e. The summed E-state index contributed by atoms with van der Waals surface area (Å²) in [5.41, 5.74) is -0.711. The van der Waals surface area contributed by atoms with Gasteiger partial charge in [-0.2, -0.15) is 0 Å². The Kier molecular flexibility index (Phi) is 4.46. The maximum atomic E-state index is 11.8. The van der Waals surface area contributed by atoms with E-state index in [1.165, 1.54) is 15.9 Å². The molecule has 2 aromatic heterocycles. The van der Waals surface area contributed by atoms with Gasteiger partial charge in [0.1, 0.15) is 15.0 Å². The van der Waals surface area contributed by atoms with Gasteiger partial charge < -0.3 is 4.57 Å². The average Bonchev–Trinajstić information content (AvgIpc) is 2.82. The third-order valence-electron chi connectivity index (χ3n) is 2.52. The van der Waals surface area contributed by atoms with E-state index in [0.717, 1.165) is 30.1 Å². The molecule has 0 N–H and O–H groups in total. The van der Waals surface area contributed by atoms with Crippen LogP contribution >= 0.6 is 22.9 Å². The molecule has 106 valence electrons. The highest BCUT2D eigenvalue weighted by molar-refractivity contribution is 7.11. The first kappa shape index (κ1) is 14.6. The van der Waals surface area contributed by atoms with E-state index in [0.29, 0.717) is 5.01 Å². The molecule has 9 heteroatoms. The van der Waals surface area contributed by atoms with Crippen LogP contribution in [0.2, 0.25) is 5.02 Å². The van der Waals surface area contributed by atoms with Crippen molar-refractivity contribution in [3.63, 3.8) is 0 Å². The van der Waals surface area contributed by atoms with Gasteiger partial charge in [-0.3, -0.25) is 14.9 Å².